The number of hydrogen-bond donors (Lipinski definition) is 0. The van der Waals surface area contributed by atoms with Gasteiger partial charge in [0.05, 0.1) is 11.2 Å². The molecule has 3 heterocycles. The molecule has 7 heteroatoms. The highest BCUT2D eigenvalue weighted by atomic mass is 16.6. The van der Waals surface area contributed by atoms with Gasteiger partial charge in [0.25, 0.3) is 0 Å². The van der Waals surface area contributed by atoms with E-state index < -0.39 is 0 Å². The van der Waals surface area contributed by atoms with E-state index in [1.54, 1.807) is 0 Å². The van der Waals surface area contributed by atoms with Crippen LogP contribution < -0.4 is 0 Å². The third kappa shape index (κ3) is 5.48. The van der Waals surface area contributed by atoms with Gasteiger partial charge in [0, 0.05) is 44.0 Å². The van der Waals surface area contributed by atoms with Gasteiger partial charge >= 0.3 is 0 Å². The average Bonchev–Trinajstić information content (AvgIpc) is 3.74. The lowest BCUT2D eigenvalue weighted by Crippen LogP contribution is -2.00. The molecule has 0 N–H and O–H groups in total. The van der Waals surface area contributed by atoms with Crippen molar-refractivity contribution in [3.05, 3.63) is 170 Å². The number of nitrogens with zero attached hydrogens (tertiary/aromatic N) is 6. The second kappa shape index (κ2) is 12.7. The highest BCUT2D eigenvalue weighted by molar-refractivity contribution is 6.23. The molecule has 0 atom stereocenters. The predicted molar refractivity (Wildman–Crippen MR) is 211 cm³/mol. The lowest BCUT2D eigenvalue weighted by Gasteiger charge is -2.13. The summed E-state index contributed by atoms with van der Waals surface area (Å²) in [6, 6.07) is 57.5. The molecule has 0 radical (unpaired) electrons. The highest BCUT2D eigenvalue weighted by Gasteiger charge is 2.20. The molecule has 0 bridgehead atoms. The van der Waals surface area contributed by atoms with E-state index in [9.17, 15) is 0 Å². The Hall–Kier alpha value is -7.38. The molecule has 10 rings (SSSR count). The first-order valence-corrected chi connectivity index (χ1v) is 17.4. The fraction of sp³-hybridized carbons (Fsp3) is 0. The Morgan fingerprint density at radius 3 is 1.51 bits per heavy atom. The van der Waals surface area contributed by atoms with E-state index in [2.05, 4.69) is 83.1 Å². The molecule has 0 amide bonds. The third-order valence-corrected chi connectivity index (χ3v) is 9.60. The van der Waals surface area contributed by atoms with Gasteiger partial charge in [-0.1, -0.05) is 152 Å². The van der Waals surface area contributed by atoms with Crippen LogP contribution in [0.4, 0.5) is 0 Å². The van der Waals surface area contributed by atoms with Crippen LogP contribution in [0, 0.1) is 0 Å². The number of pyridine rings is 1. The number of benzene rings is 7. The largest absolute Gasteiger partial charge is 0.247 e. The van der Waals surface area contributed by atoms with Crippen LogP contribution in [0.15, 0.2) is 174 Å². The molecular weight excluding hydrogens is 653 g/mol. The Kier molecular flexibility index (Phi) is 7.32. The first kappa shape index (κ1) is 30.4. The fourth-order valence-corrected chi connectivity index (χ4v) is 7.02. The zero-order chi connectivity index (χ0) is 35.1. The molecule has 0 aliphatic rings. The molecule has 0 saturated carbocycles. The Balaban J connectivity index is 1.09. The number of hydrogen-bond acceptors (Lipinski definition) is 7. The first-order valence-electron chi connectivity index (χ1n) is 17.4. The molecule has 0 spiro atoms. The van der Waals surface area contributed by atoms with Crippen LogP contribution in [0.2, 0.25) is 0 Å². The Bertz CT molecular complexity index is 2870. The SMILES string of the molecule is c1ccc(-c2nc(-c3ccccc3)nc(-c3ccc(-c4cccc(-c5nc6ccccc6c6c5cc(-c5ccccc5)c5nonc56)c4)cc3)n2)cc1. The van der Waals surface area contributed by atoms with E-state index in [1.807, 2.05) is 97.1 Å². The maximum absolute atomic E-state index is 5.37. The normalized spacial score (nSPS) is 11.4. The van der Waals surface area contributed by atoms with Gasteiger partial charge in [-0.25, -0.2) is 24.6 Å². The lowest BCUT2D eigenvalue weighted by atomic mass is 9.93. The Morgan fingerprint density at radius 1 is 0.340 bits per heavy atom. The number of aromatic nitrogens is 6. The molecular formula is C46H28N6O. The molecule has 248 valence electrons. The van der Waals surface area contributed by atoms with Gasteiger partial charge in [0.1, 0.15) is 11.0 Å². The first-order chi connectivity index (χ1) is 26.3. The van der Waals surface area contributed by atoms with Crippen molar-refractivity contribution in [2.24, 2.45) is 0 Å². The molecule has 10 aromatic rings. The van der Waals surface area contributed by atoms with Gasteiger partial charge in [-0.2, -0.15) is 0 Å². The van der Waals surface area contributed by atoms with Crippen molar-refractivity contribution in [1.82, 2.24) is 30.2 Å². The summed E-state index contributed by atoms with van der Waals surface area (Å²) in [6.45, 7) is 0. The summed E-state index contributed by atoms with van der Waals surface area (Å²) in [7, 11) is 0. The molecule has 3 aromatic heterocycles. The second-order valence-electron chi connectivity index (χ2n) is 12.8. The molecule has 0 unspecified atom stereocenters. The maximum Gasteiger partial charge on any atom is 0.164 e. The lowest BCUT2D eigenvalue weighted by molar-refractivity contribution is 0.316. The van der Waals surface area contributed by atoms with E-state index in [-0.39, 0.29) is 0 Å². The summed E-state index contributed by atoms with van der Waals surface area (Å²) < 4.78 is 5.37. The minimum atomic E-state index is 0.618. The summed E-state index contributed by atoms with van der Waals surface area (Å²) >= 11 is 0. The quantitative estimate of drug-likeness (QED) is 0.161. The number of para-hydroxylation sites is 1. The summed E-state index contributed by atoms with van der Waals surface area (Å²) in [5.41, 5.74) is 11.1. The van der Waals surface area contributed by atoms with Gasteiger partial charge in [-0.15, -0.1) is 0 Å². The Morgan fingerprint density at radius 2 is 0.849 bits per heavy atom. The highest BCUT2D eigenvalue weighted by Crippen LogP contribution is 2.41. The molecule has 0 aliphatic carbocycles. The topological polar surface area (TPSA) is 90.5 Å². The van der Waals surface area contributed by atoms with Crippen molar-refractivity contribution in [2.45, 2.75) is 0 Å². The van der Waals surface area contributed by atoms with Crippen LogP contribution >= 0.6 is 0 Å². The maximum atomic E-state index is 5.37. The average molecular weight is 681 g/mol. The summed E-state index contributed by atoms with van der Waals surface area (Å²) in [4.78, 5) is 19.9. The third-order valence-electron chi connectivity index (χ3n) is 9.60. The van der Waals surface area contributed by atoms with Crippen molar-refractivity contribution >= 4 is 32.7 Å². The second-order valence-corrected chi connectivity index (χ2v) is 12.8. The van der Waals surface area contributed by atoms with Crippen molar-refractivity contribution in [3.8, 4) is 67.7 Å². The molecule has 53 heavy (non-hydrogen) atoms. The van der Waals surface area contributed by atoms with E-state index in [0.29, 0.717) is 17.5 Å². The molecule has 7 aromatic carbocycles. The molecule has 0 fully saturated rings. The van der Waals surface area contributed by atoms with Gasteiger partial charge in [0.15, 0.2) is 17.5 Å². The van der Waals surface area contributed by atoms with Gasteiger partial charge < -0.3 is 0 Å². The fourth-order valence-electron chi connectivity index (χ4n) is 7.02. The molecule has 0 aliphatic heterocycles. The monoisotopic (exact) mass is 680 g/mol. The van der Waals surface area contributed by atoms with E-state index >= 15 is 0 Å². The van der Waals surface area contributed by atoms with Crippen molar-refractivity contribution in [3.63, 3.8) is 0 Å². The summed E-state index contributed by atoms with van der Waals surface area (Å²) in [5.74, 6) is 1.89. The van der Waals surface area contributed by atoms with Gasteiger partial charge in [-0.3, -0.25) is 0 Å². The summed E-state index contributed by atoms with van der Waals surface area (Å²) in [6.07, 6.45) is 0. The van der Waals surface area contributed by atoms with Crippen molar-refractivity contribution in [1.29, 1.82) is 0 Å². The number of rotatable bonds is 6. The summed E-state index contributed by atoms with van der Waals surface area (Å²) in [5, 5.41) is 11.7. The van der Waals surface area contributed by atoms with Crippen LogP contribution in [-0.4, -0.2) is 30.2 Å². The van der Waals surface area contributed by atoms with Crippen LogP contribution in [0.1, 0.15) is 0 Å². The van der Waals surface area contributed by atoms with Gasteiger partial charge in [0.2, 0.25) is 0 Å². The van der Waals surface area contributed by atoms with E-state index in [4.69, 9.17) is 24.6 Å². The number of fused-ring (bicyclic) bond motifs is 5. The Labute approximate surface area is 304 Å². The standard InChI is InChI=1S/C46H28N6O/c1-4-13-30(14-5-1)37-28-38-40(43-42(37)51-53-52-43)36-21-10-11-22-39(36)47-41(38)35-20-12-19-34(27-35)29-23-25-33(26-24-29)46-49-44(31-15-6-2-7-16-31)48-45(50-46)32-17-8-3-9-18-32/h1-28H. The van der Waals surface area contributed by atoms with Gasteiger partial charge in [-0.05, 0) is 45.2 Å². The minimum Gasteiger partial charge on any atom is -0.247 e. The zero-order valence-corrected chi connectivity index (χ0v) is 28.3. The van der Waals surface area contributed by atoms with Crippen molar-refractivity contribution in [2.75, 3.05) is 0 Å². The van der Waals surface area contributed by atoms with Crippen LogP contribution in [-0.2, 0) is 0 Å². The molecule has 0 saturated heterocycles. The van der Waals surface area contributed by atoms with E-state index in [1.165, 1.54) is 0 Å². The van der Waals surface area contributed by atoms with E-state index in [0.717, 1.165) is 82.9 Å². The van der Waals surface area contributed by atoms with Crippen LogP contribution in [0.3, 0.4) is 0 Å². The molecule has 7 nitrogen and oxygen atoms in total. The van der Waals surface area contributed by atoms with Crippen LogP contribution in [0.5, 0.6) is 0 Å². The predicted octanol–water partition coefficient (Wildman–Crippen LogP) is 11.1. The zero-order valence-electron chi connectivity index (χ0n) is 28.3. The van der Waals surface area contributed by atoms with Crippen molar-refractivity contribution < 1.29 is 4.63 Å². The smallest absolute Gasteiger partial charge is 0.164 e. The van der Waals surface area contributed by atoms with Crippen LogP contribution in [0.25, 0.3) is 100 Å². The minimum absolute atomic E-state index is 0.618.